The Morgan fingerprint density at radius 1 is 1.28 bits per heavy atom. The highest BCUT2D eigenvalue weighted by Crippen LogP contribution is 2.23. The first-order chi connectivity index (χ1) is 11.7. The molecular formula is C19H23N3O3. The minimum absolute atomic E-state index is 0.0184. The van der Waals surface area contributed by atoms with Crippen molar-refractivity contribution in [1.29, 1.82) is 0 Å². The Morgan fingerprint density at radius 2 is 1.92 bits per heavy atom. The molecule has 2 aromatic rings. The number of nitrogens with zero attached hydrogens (tertiary/aromatic N) is 2. The summed E-state index contributed by atoms with van der Waals surface area (Å²) in [4.78, 5) is 16.1. The summed E-state index contributed by atoms with van der Waals surface area (Å²) in [5.74, 6) is -0.424. The number of carbonyl (C=O) groups is 1. The van der Waals surface area contributed by atoms with E-state index >= 15 is 0 Å². The van der Waals surface area contributed by atoms with Crippen LogP contribution >= 0.6 is 0 Å². The summed E-state index contributed by atoms with van der Waals surface area (Å²) in [5.41, 5.74) is 5.24. The maximum Gasteiger partial charge on any atom is 0.271 e. The highest BCUT2D eigenvalue weighted by Gasteiger charge is 2.14. The zero-order chi connectivity index (χ0) is 18.6. The summed E-state index contributed by atoms with van der Waals surface area (Å²) in [6.45, 7) is 7.67. The minimum atomic E-state index is -0.354. The van der Waals surface area contributed by atoms with Gasteiger partial charge >= 0.3 is 0 Å². The Hall–Kier alpha value is -2.73. The van der Waals surface area contributed by atoms with Crippen LogP contribution in [-0.4, -0.2) is 27.3 Å². The van der Waals surface area contributed by atoms with Gasteiger partial charge in [-0.25, -0.2) is 5.43 Å². The molecule has 6 heteroatoms. The molecule has 132 valence electrons. The number of aryl methyl sites for hydroxylation is 1. The number of pyridine rings is 1. The van der Waals surface area contributed by atoms with Gasteiger partial charge in [-0.15, -0.1) is 0 Å². The number of aromatic nitrogens is 1. The fraction of sp³-hybridized carbons (Fsp3) is 0.316. The predicted octanol–water partition coefficient (Wildman–Crippen LogP) is 2.65. The number of hydrazone groups is 1. The van der Waals surface area contributed by atoms with Crippen LogP contribution < -0.4 is 5.43 Å². The topological polar surface area (TPSA) is 94.8 Å². The fourth-order valence-corrected chi connectivity index (χ4v) is 2.26. The molecule has 0 saturated carbocycles. The third-order valence-electron chi connectivity index (χ3n) is 3.90. The number of aliphatic hydroxyl groups excluding tert-OH is 1. The van der Waals surface area contributed by atoms with Crippen molar-refractivity contribution in [3.63, 3.8) is 0 Å². The van der Waals surface area contributed by atoms with Gasteiger partial charge in [-0.1, -0.05) is 32.9 Å². The van der Waals surface area contributed by atoms with Crippen molar-refractivity contribution in [2.24, 2.45) is 5.10 Å². The van der Waals surface area contributed by atoms with Gasteiger partial charge < -0.3 is 10.2 Å². The zero-order valence-electron chi connectivity index (χ0n) is 14.9. The molecule has 3 N–H and O–H groups in total. The number of benzene rings is 1. The lowest BCUT2D eigenvalue weighted by Gasteiger charge is -2.18. The molecule has 0 fully saturated rings. The van der Waals surface area contributed by atoms with E-state index in [0.717, 1.165) is 5.56 Å². The van der Waals surface area contributed by atoms with Crippen molar-refractivity contribution in [3.8, 4) is 5.75 Å². The predicted molar refractivity (Wildman–Crippen MR) is 96.8 cm³/mol. The summed E-state index contributed by atoms with van der Waals surface area (Å²) < 4.78 is 0. The van der Waals surface area contributed by atoms with Crippen molar-refractivity contribution in [1.82, 2.24) is 10.4 Å². The number of aromatic hydroxyl groups is 1. The summed E-state index contributed by atoms with van der Waals surface area (Å²) in [5, 5.41) is 23.2. The van der Waals surface area contributed by atoms with Gasteiger partial charge in [0, 0.05) is 22.9 Å². The summed E-state index contributed by atoms with van der Waals surface area (Å²) >= 11 is 0. The molecule has 0 aliphatic carbocycles. The van der Waals surface area contributed by atoms with Crippen LogP contribution in [0.4, 0.5) is 0 Å². The molecule has 6 nitrogen and oxygen atoms in total. The van der Waals surface area contributed by atoms with Crippen LogP contribution in [0.5, 0.6) is 5.75 Å². The van der Waals surface area contributed by atoms with Crippen LogP contribution in [0.15, 0.2) is 35.6 Å². The van der Waals surface area contributed by atoms with E-state index < -0.39 is 0 Å². The van der Waals surface area contributed by atoms with Gasteiger partial charge in [0.15, 0.2) is 0 Å². The maximum atomic E-state index is 12.2. The average molecular weight is 341 g/mol. The molecule has 0 aliphatic rings. The van der Waals surface area contributed by atoms with Crippen LogP contribution in [0.2, 0.25) is 0 Å². The van der Waals surface area contributed by atoms with E-state index in [0.29, 0.717) is 22.4 Å². The molecule has 0 bridgehead atoms. The van der Waals surface area contributed by atoms with Crippen LogP contribution in [0.25, 0.3) is 0 Å². The molecule has 25 heavy (non-hydrogen) atoms. The van der Waals surface area contributed by atoms with Crippen LogP contribution in [0, 0.1) is 6.92 Å². The summed E-state index contributed by atoms with van der Waals surface area (Å²) in [6, 6.07) is 7.33. The number of hydrogen-bond donors (Lipinski definition) is 3. The van der Waals surface area contributed by atoms with E-state index in [1.54, 1.807) is 19.1 Å². The van der Waals surface area contributed by atoms with Crippen molar-refractivity contribution < 1.29 is 15.0 Å². The van der Waals surface area contributed by atoms with Crippen LogP contribution in [0.1, 0.15) is 53.5 Å². The normalized spacial score (nSPS) is 11.7. The number of carbonyl (C=O) groups excluding carboxylic acids is 1. The van der Waals surface area contributed by atoms with Crippen molar-refractivity contribution >= 4 is 12.1 Å². The van der Waals surface area contributed by atoms with Gasteiger partial charge in [-0.05, 0) is 30.0 Å². The summed E-state index contributed by atoms with van der Waals surface area (Å²) in [6.07, 6.45) is 2.76. The van der Waals surface area contributed by atoms with Crippen LogP contribution in [-0.2, 0) is 12.0 Å². The highest BCUT2D eigenvalue weighted by molar-refractivity contribution is 5.95. The van der Waals surface area contributed by atoms with Gasteiger partial charge in [-0.3, -0.25) is 9.78 Å². The molecular weight excluding hydrogens is 318 g/mol. The Balaban J connectivity index is 2.12. The first-order valence-corrected chi connectivity index (χ1v) is 7.96. The van der Waals surface area contributed by atoms with E-state index in [9.17, 15) is 15.0 Å². The number of hydrogen-bond acceptors (Lipinski definition) is 5. The smallest absolute Gasteiger partial charge is 0.271 e. The Kier molecular flexibility index (Phi) is 5.54. The first kappa shape index (κ1) is 18.6. The lowest BCUT2D eigenvalue weighted by atomic mass is 9.87. The summed E-state index contributed by atoms with van der Waals surface area (Å²) in [7, 11) is 0. The molecule has 0 unspecified atom stereocenters. The number of aliphatic hydroxyl groups is 1. The second-order valence-corrected chi connectivity index (χ2v) is 6.82. The largest absolute Gasteiger partial charge is 0.505 e. The van der Waals surface area contributed by atoms with Gasteiger partial charge in [0.25, 0.3) is 5.91 Å². The Bertz CT molecular complexity index is 791. The lowest BCUT2D eigenvalue weighted by molar-refractivity contribution is 0.0955. The van der Waals surface area contributed by atoms with Crippen LogP contribution in [0.3, 0.4) is 0 Å². The molecule has 2 rings (SSSR count). The molecule has 1 heterocycles. The average Bonchev–Trinajstić information content (AvgIpc) is 2.58. The lowest BCUT2D eigenvalue weighted by Crippen LogP contribution is -2.18. The monoisotopic (exact) mass is 341 g/mol. The van der Waals surface area contributed by atoms with Gasteiger partial charge in [-0.2, -0.15) is 5.10 Å². The number of nitrogens with one attached hydrogen (secondary N) is 1. The molecule has 1 aromatic carbocycles. The molecule has 0 radical (unpaired) electrons. The van der Waals surface area contributed by atoms with Gasteiger partial charge in [0.2, 0.25) is 0 Å². The second-order valence-electron chi connectivity index (χ2n) is 6.82. The third-order valence-corrected chi connectivity index (χ3v) is 3.90. The zero-order valence-corrected chi connectivity index (χ0v) is 14.9. The van der Waals surface area contributed by atoms with E-state index in [-0.39, 0.29) is 23.7 Å². The van der Waals surface area contributed by atoms with E-state index in [1.807, 2.05) is 12.1 Å². The van der Waals surface area contributed by atoms with E-state index in [1.165, 1.54) is 12.4 Å². The minimum Gasteiger partial charge on any atom is -0.505 e. The fourth-order valence-electron chi connectivity index (χ4n) is 2.26. The van der Waals surface area contributed by atoms with Gasteiger partial charge in [0.1, 0.15) is 5.75 Å². The second kappa shape index (κ2) is 7.44. The number of amides is 1. The molecule has 0 saturated heterocycles. The Morgan fingerprint density at radius 3 is 2.48 bits per heavy atom. The first-order valence-electron chi connectivity index (χ1n) is 7.96. The quantitative estimate of drug-likeness (QED) is 0.588. The molecule has 0 atom stereocenters. The van der Waals surface area contributed by atoms with E-state index in [4.69, 9.17) is 0 Å². The highest BCUT2D eigenvalue weighted by atomic mass is 16.3. The molecule has 0 spiro atoms. The molecule has 1 aromatic heterocycles. The van der Waals surface area contributed by atoms with Crippen molar-refractivity contribution in [2.75, 3.05) is 0 Å². The SMILES string of the molecule is Cc1ncc(CO)c(/C=N\NC(=O)c2ccc(C(C)(C)C)cc2)c1O. The standard InChI is InChI=1S/C19H23N3O3/c1-12-17(24)16(14(11-23)9-20-12)10-21-22-18(25)13-5-7-15(8-6-13)19(2,3)4/h5-10,23-24H,11H2,1-4H3,(H,22,25)/b21-10-. The maximum absolute atomic E-state index is 12.2. The van der Waals surface area contributed by atoms with Gasteiger partial charge in [0.05, 0.1) is 18.5 Å². The van der Waals surface area contributed by atoms with E-state index in [2.05, 4.69) is 36.3 Å². The Labute approximate surface area is 147 Å². The van der Waals surface area contributed by atoms with Crippen molar-refractivity contribution in [3.05, 3.63) is 58.4 Å². The number of rotatable bonds is 4. The van der Waals surface area contributed by atoms with Crippen molar-refractivity contribution in [2.45, 2.75) is 39.7 Å². The molecule has 1 amide bonds. The third kappa shape index (κ3) is 4.42. The molecule has 0 aliphatic heterocycles.